The third-order valence-corrected chi connectivity index (χ3v) is 6.36. The van der Waals surface area contributed by atoms with Gasteiger partial charge in [-0.15, -0.1) is 10.2 Å². The molecule has 8 heteroatoms. The number of anilines is 1. The number of hydrogen-bond donors (Lipinski definition) is 1. The van der Waals surface area contributed by atoms with Crippen LogP contribution >= 0.6 is 11.6 Å². The second kappa shape index (κ2) is 8.79. The molecule has 140 valence electrons. The minimum atomic E-state index is -3.68. The summed E-state index contributed by atoms with van der Waals surface area (Å²) in [5.74, 6) is 0.582. The Bertz CT molecular complexity index is 804. The topological polar surface area (TPSA) is 75.2 Å². The van der Waals surface area contributed by atoms with Gasteiger partial charge in [0.05, 0.1) is 4.90 Å². The summed E-state index contributed by atoms with van der Waals surface area (Å²) in [4.78, 5) is 2.64. The van der Waals surface area contributed by atoms with Crippen LogP contribution in [0.5, 0.6) is 0 Å². The van der Waals surface area contributed by atoms with Crippen molar-refractivity contribution in [3.05, 3.63) is 41.4 Å². The number of nitrogens with one attached hydrogen (secondary N) is 1. The third kappa shape index (κ3) is 4.93. The Morgan fingerprint density at radius 2 is 1.73 bits per heavy atom. The number of rotatable bonds is 7. The fraction of sp³-hybridized carbons (Fsp3) is 0.444. The van der Waals surface area contributed by atoms with Gasteiger partial charge in [0.2, 0.25) is 9.84 Å². The molecule has 26 heavy (non-hydrogen) atoms. The van der Waals surface area contributed by atoms with E-state index < -0.39 is 9.84 Å². The molecule has 1 fully saturated rings. The summed E-state index contributed by atoms with van der Waals surface area (Å²) in [6, 6.07) is 9.14. The largest absolute Gasteiger partial charge is 0.369 e. The van der Waals surface area contributed by atoms with Crippen LogP contribution in [-0.2, 0) is 9.84 Å². The van der Waals surface area contributed by atoms with Gasteiger partial charge in [0.1, 0.15) is 5.82 Å². The first-order valence-electron chi connectivity index (χ1n) is 8.86. The summed E-state index contributed by atoms with van der Waals surface area (Å²) < 4.78 is 25.0. The van der Waals surface area contributed by atoms with Crippen LogP contribution in [0.3, 0.4) is 0 Å². The molecule has 0 amide bonds. The van der Waals surface area contributed by atoms with Crippen LogP contribution in [0.2, 0.25) is 5.02 Å². The van der Waals surface area contributed by atoms with Gasteiger partial charge in [-0.2, -0.15) is 0 Å². The van der Waals surface area contributed by atoms with Crippen LogP contribution in [-0.4, -0.2) is 49.7 Å². The lowest BCUT2D eigenvalue weighted by molar-refractivity contribution is 0.228. The molecule has 0 saturated carbocycles. The summed E-state index contributed by atoms with van der Waals surface area (Å²) in [5.41, 5.74) is 0. The fourth-order valence-electron chi connectivity index (χ4n) is 2.99. The molecular weight excluding hydrogens is 372 g/mol. The molecule has 0 radical (unpaired) electrons. The summed E-state index contributed by atoms with van der Waals surface area (Å²) in [6.45, 7) is 4.24. The van der Waals surface area contributed by atoms with Crippen LogP contribution in [0, 0.1) is 0 Å². The molecule has 1 aromatic carbocycles. The molecule has 1 aliphatic rings. The van der Waals surface area contributed by atoms with Crippen LogP contribution < -0.4 is 5.32 Å². The maximum atomic E-state index is 12.5. The highest BCUT2D eigenvalue weighted by Crippen LogP contribution is 2.21. The Morgan fingerprint density at radius 1 is 1.00 bits per heavy atom. The molecule has 0 aliphatic carbocycles. The van der Waals surface area contributed by atoms with Crippen molar-refractivity contribution >= 4 is 27.3 Å². The third-order valence-electron chi connectivity index (χ3n) is 4.45. The number of aromatic nitrogens is 2. The maximum absolute atomic E-state index is 12.5. The smallest absolute Gasteiger partial charge is 0.225 e. The molecule has 0 atom stereocenters. The number of likely N-dealkylation sites (tertiary alicyclic amines) is 1. The summed E-state index contributed by atoms with van der Waals surface area (Å²) >= 11 is 5.80. The SMILES string of the molecule is O=S(=O)(c1ccc(Cl)cc1)c1ccc(NCCCN2CCCCC2)nn1. The summed E-state index contributed by atoms with van der Waals surface area (Å²) in [7, 11) is -3.68. The predicted octanol–water partition coefficient (Wildman–Crippen LogP) is 3.25. The first-order valence-corrected chi connectivity index (χ1v) is 10.7. The first kappa shape index (κ1) is 19.1. The monoisotopic (exact) mass is 394 g/mol. The lowest BCUT2D eigenvalue weighted by Crippen LogP contribution is -2.31. The van der Waals surface area contributed by atoms with Crippen LogP contribution in [0.1, 0.15) is 25.7 Å². The Hall–Kier alpha value is -1.70. The number of sulfone groups is 1. The average Bonchev–Trinajstić information content (AvgIpc) is 2.67. The molecule has 1 N–H and O–H groups in total. The van der Waals surface area contributed by atoms with Gasteiger partial charge < -0.3 is 10.2 Å². The predicted molar refractivity (Wildman–Crippen MR) is 102 cm³/mol. The highest BCUT2D eigenvalue weighted by molar-refractivity contribution is 7.91. The quantitative estimate of drug-likeness (QED) is 0.726. The number of benzene rings is 1. The van der Waals surface area contributed by atoms with Crippen molar-refractivity contribution in [2.45, 2.75) is 35.6 Å². The minimum absolute atomic E-state index is 0.0707. The van der Waals surface area contributed by atoms with E-state index in [1.54, 1.807) is 18.2 Å². The molecular formula is C18H23ClN4O2S. The van der Waals surface area contributed by atoms with E-state index in [4.69, 9.17) is 11.6 Å². The first-order chi connectivity index (χ1) is 12.6. The zero-order chi connectivity index (χ0) is 18.4. The average molecular weight is 395 g/mol. The van der Waals surface area contributed by atoms with Gasteiger partial charge in [-0.3, -0.25) is 0 Å². The van der Waals surface area contributed by atoms with Gasteiger partial charge >= 0.3 is 0 Å². The molecule has 6 nitrogen and oxygen atoms in total. The van der Waals surface area contributed by atoms with Gasteiger partial charge in [-0.05, 0) is 75.3 Å². The minimum Gasteiger partial charge on any atom is -0.369 e. The van der Waals surface area contributed by atoms with Crippen LogP contribution in [0.4, 0.5) is 5.82 Å². The van der Waals surface area contributed by atoms with Crippen LogP contribution in [0.25, 0.3) is 0 Å². The van der Waals surface area contributed by atoms with Gasteiger partial charge in [0, 0.05) is 11.6 Å². The summed E-state index contributed by atoms with van der Waals surface area (Å²) in [5, 5.41) is 11.5. The van der Waals surface area contributed by atoms with Crippen LogP contribution in [0.15, 0.2) is 46.3 Å². The van der Waals surface area contributed by atoms with Gasteiger partial charge in [0.25, 0.3) is 0 Å². The Kier molecular flexibility index (Phi) is 6.45. The van der Waals surface area contributed by atoms with Crippen molar-refractivity contribution in [1.29, 1.82) is 0 Å². The normalized spacial score (nSPS) is 15.7. The molecule has 2 aromatic rings. The lowest BCUT2D eigenvalue weighted by Gasteiger charge is -2.26. The Balaban J connectivity index is 1.53. The van der Waals surface area contributed by atoms with E-state index in [2.05, 4.69) is 20.4 Å². The van der Waals surface area contributed by atoms with E-state index in [-0.39, 0.29) is 9.92 Å². The van der Waals surface area contributed by atoms with E-state index in [1.165, 1.54) is 50.6 Å². The molecule has 2 heterocycles. The van der Waals surface area contributed by atoms with Crippen molar-refractivity contribution in [3.63, 3.8) is 0 Å². The molecule has 0 bridgehead atoms. The van der Waals surface area contributed by atoms with E-state index in [0.29, 0.717) is 10.8 Å². The highest BCUT2D eigenvalue weighted by atomic mass is 35.5. The van der Waals surface area contributed by atoms with Crippen molar-refractivity contribution in [3.8, 4) is 0 Å². The molecule has 3 rings (SSSR count). The lowest BCUT2D eigenvalue weighted by atomic mass is 10.1. The van der Waals surface area contributed by atoms with Crippen molar-refractivity contribution < 1.29 is 8.42 Å². The van der Waals surface area contributed by atoms with E-state index >= 15 is 0 Å². The molecule has 1 aromatic heterocycles. The standard InChI is InChI=1S/C18H23ClN4O2S/c19-15-5-7-16(8-6-15)26(24,25)18-10-9-17(21-22-18)20-11-4-14-23-12-2-1-3-13-23/h5-10H,1-4,11-14H2,(H,20,21). The Morgan fingerprint density at radius 3 is 2.38 bits per heavy atom. The zero-order valence-corrected chi connectivity index (χ0v) is 16.1. The second-order valence-electron chi connectivity index (χ2n) is 6.40. The molecule has 1 saturated heterocycles. The van der Waals surface area contributed by atoms with Gasteiger partial charge in [-0.1, -0.05) is 18.0 Å². The van der Waals surface area contributed by atoms with Crippen molar-refractivity contribution in [2.24, 2.45) is 0 Å². The number of halogens is 1. The molecule has 0 unspecified atom stereocenters. The molecule has 1 aliphatic heterocycles. The van der Waals surface area contributed by atoms with Crippen molar-refractivity contribution in [2.75, 3.05) is 31.5 Å². The molecule has 0 spiro atoms. The Labute approximate surface area is 159 Å². The van der Waals surface area contributed by atoms with Gasteiger partial charge in [0.15, 0.2) is 5.03 Å². The summed E-state index contributed by atoms with van der Waals surface area (Å²) in [6.07, 6.45) is 4.95. The number of piperidine rings is 1. The van der Waals surface area contributed by atoms with E-state index in [0.717, 1.165) is 19.5 Å². The van der Waals surface area contributed by atoms with Gasteiger partial charge in [-0.25, -0.2) is 8.42 Å². The number of hydrogen-bond acceptors (Lipinski definition) is 6. The number of nitrogens with zero attached hydrogens (tertiary/aromatic N) is 3. The van der Waals surface area contributed by atoms with Crippen molar-refractivity contribution in [1.82, 2.24) is 15.1 Å². The fourth-order valence-corrected chi connectivity index (χ4v) is 4.25. The van der Waals surface area contributed by atoms with E-state index in [1.807, 2.05) is 0 Å². The maximum Gasteiger partial charge on any atom is 0.225 e. The zero-order valence-electron chi connectivity index (χ0n) is 14.6. The second-order valence-corrected chi connectivity index (χ2v) is 8.73. The highest BCUT2D eigenvalue weighted by Gasteiger charge is 2.19. The van der Waals surface area contributed by atoms with E-state index in [9.17, 15) is 8.42 Å².